The average Bonchev–Trinajstić information content (AvgIpc) is 2.90. The van der Waals surface area contributed by atoms with E-state index in [1.54, 1.807) is 7.11 Å². The molecule has 1 aromatic carbocycles. The number of benzene rings is 1. The molecule has 36 heavy (non-hydrogen) atoms. The molecule has 1 aliphatic heterocycles. The molecule has 3 aromatic rings. The van der Waals surface area contributed by atoms with Gasteiger partial charge in [0, 0.05) is 24.2 Å². The van der Waals surface area contributed by atoms with E-state index in [1.807, 2.05) is 42.7 Å². The van der Waals surface area contributed by atoms with Crippen molar-refractivity contribution in [2.45, 2.75) is 51.6 Å². The normalized spacial score (nSPS) is 15.5. The Morgan fingerprint density at radius 1 is 1.03 bits per heavy atom. The molecule has 5 rings (SSSR count). The molecule has 0 radical (unpaired) electrons. The summed E-state index contributed by atoms with van der Waals surface area (Å²) in [5.41, 5.74) is 1.12. The lowest BCUT2D eigenvalue weighted by atomic mass is 9.87. The highest BCUT2D eigenvalue weighted by atomic mass is 32.1. The minimum absolute atomic E-state index is 0.302. The molecular weight excluding hydrogens is 470 g/mol. The molecule has 3 heterocycles. The van der Waals surface area contributed by atoms with Crippen LogP contribution < -0.4 is 20.3 Å². The van der Waals surface area contributed by atoms with Gasteiger partial charge in [-0.25, -0.2) is 4.98 Å². The Kier molecular flexibility index (Phi) is 6.19. The number of nitrogens with zero attached hydrogens (tertiary/aromatic N) is 5. The number of ether oxygens (including phenoxy) is 1. The lowest BCUT2D eigenvalue weighted by Crippen LogP contribution is -2.50. The SMILES string of the molecule is CCN(CC)c1nc2c3c(n(-c4ccc(OC)cc4)c(=S)c(C#N)c3c1C#N)NC1(CCCCC1)N2. The number of aromatic nitrogens is 2. The van der Waals surface area contributed by atoms with E-state index >= 15 is 0 Å². The molecule has 2 N–H and O–H groups in total. The van der Waals surface area contributed by atoms with Crippen LogP contribution in [0.25, 0.3) is 16.5 Å². The highest BCUT2D eigenvalue weighted by Crippen LogP contribution is 2.46. The first kappa shape index (κ1) is 23.9. The fourth-order valence-corrected chi connectivity index (χ4v) is 5.87. The maximum atomic E-state index is 10.3. The summed E-state index contributed by atoms with van der Waals surface area (Å²) in [5, 5.41) is 29.4. The number of hydrogen-bond donors (Lipinski definition) is 2. The summed E-state index contributed by atoms with van der Waals surface area (Å²) in [6.45, 7) is 5.47. The second-order valence-corrected chi connectivity index (χ2v) is 9.65. The predicted molar refractivity (Wildman–Crippen MR) is 145 cm³/mol. The molecule has 9 heteroatoms. The quantitative estimate of drug-likeness (QED) is 0.422. The van der Waals surface area contributed by atoms with Gasteiger partial charge in [0.1, 0.15) is 51.2 Å². The number of pyridine rings is 2. The van der Waals surface area contributed by atoms with E-state index in [9.17, 15) is 10.5 Å². The summed E-state index contributed by atoms with van der Waals surface area (Å²) in [4.78, 5) is 7.09. The fraction of sp³-hybridized carbons (Fsp3) is 0.407. The number of anilines is 3. The predicted octanol–water partition coefficient (Wildman–Crippen LogP) is 5.85. The van der Waals surface area contributed by atoms with Gasteiger partial charge in [-0.1, -0.05) is 18.6 Å². The number of methoxy groups -OCH3 is 1. The molecule has 0 saturated heterocycles. The van der Waals surface area contributed by atoms with E-state index in [0.29, 0.717) is 45.9 Å². The zero-order valence-corrected chi connectivity index (χ0v) is 21.6. The molecule has 0 atom stereocenters. The molecule has 0 unspecified atom stereocenters. The molecule has 1 spiro atoms. The molecule has 0 amide bonds. The van der Waals surface area contributed by atoms with E-state index in [-0.39, 0.29) is 5.66 Å². The Labute approximate surface area is 216 Å². The van der Waals surface area contributed by atoms with Crippen molar-refractivity contribution in [3.8, 4) is 23.6 Å². The number of rotatable bonds is 5. The van der Waals surface area contributed by atoms with Crippen LogP contribution >= 0.6 is 12.2 Å². The van der Waals surface area contributed by atoms with Gasteiger partial charge in [-0.15, -0.1) is 0 Å². The maximum absolute atomic E-state index is 10.3. The van der Waals surface area contributed by atoms with E-state index in [1.165, 1.54) is 6.42 Å². The van der Waals surface area contributed by atoms with Crippen LogP contribution in [0.1, 0.15) is 57.1 Å². The van der Waals surface area contributed by atoms with E-state index < -0.39 is 0 Å². The smallest absolute Gasteiger partial charge is 0.149 e. The third-order valence-electron chi connectivity index (χ3n) is 7.35. The lowest BCUT2D eigenvalue weighted by Gasteiger charge is -2.44. The standard InChI is InChI=1S/C27H29N7OS/c1-4-33(5-2)24-19(15-28)21-20(16-29)26(36)34(17-9-11-18(35-3)12-10-17)25-22(21)23(30-24)31-27(32-25)13-7-6-8-14-27/h9-12,32H,4-8,13-14H2,1-3H3,(H,30,31). The monoisotopic (exact) mass is 499 g/mol. The Morgan fingerprint density at radius 3 is 2.28 bits per heavy atom. The molecular formula is C27H29N7OS. The fourth-order valence-electron chi connectivity index (χ4n) is 5.52. The first-order valence-corrected chi connectivity index (χ1v) is 12.8. The van der Waals surface area contributed by atoms with Gasteiger partial charge in [-0.2, -0.15) is 10.5 Å². The van der Waals surface area contributed by atoms with Crippen molar-refractivity contribution in [1.82, 2.24) is 9.55 Å². The second kappa shape index (κ2) is 9.33. The topological polar surface area (TPSA) is 102 Å². The van der Waals surface area contributed by atoms with Gasteiger partial charge < -0.3 is 20.3 Å². The van der Waals surface area contributed by atoms with Gasteiger partial charge in [-0.05, 0) is 63.8 Å². The van der Waals surface area contributed by atoms with Gasteiger partial charge in [0.05, 0.1) is 18.1 Å². The zero-order chi connectivity index (χ0) is 25.4. The molecule has 2 aromatic heterocycles. The highest BCUT2D eigenvalue weighted by molar-refractivity contribution is 7.71. The molecule has 1 fully saturated rings. The second-order valence-electron chi connectivity index (χ2n) is 9.26. The third-order valence-corrected chi connectivity index (χ3v) is 7.73. The van der Waals surface area contributed by atoms with Crippen molar-refractivity contribution >= 4 is 40.4 Å². The third kappa shape index (κ3) is 3.63. The van der Waals surface area contributed by atoms with Gasteiger partial charge >= 0.3 is 0 Å². The summed E-state index contributed by atoms with van der Waals surface area (Å²) < 4.78 is 7.63. The van der Waals surface area contributed by atoms with Crippen LogP contribution in [0.15, 0.2) is 24.3 Å². The van der Waals surface area contributed by atoms with Crippen LogP contribution in [0.5, 0.6) is 5.75 Å². The Bertz CT molecular complexity index is 1470. The van der Waals surface area contributed by atoms with Crippen LogP contribution in [-0.4, -0.2) is 35.4 Å². The molecule has 8 nitrogen and oxygen atoms in total. The van der Waals surface area contributed by atoms with Crippen LogP contribution in [0, 0.1) is 27.3 Å². The van der Waals surface area contributed by atoms with Gasteiger partial charge in [0.25, 0.3) is 0 Å². The van der Waals surface area contributed by atoms with Crippen molar-refractivity contribution in [2.75, 3.05) is 35.7 Å². The van der Waals surface area contributed by atoms with Gasteiger partial charge in [-0.3, -0.25) is 4.57 Å². The Balaban J connectivity index is 1.92. The van der Waals surface area contributed by atoms with Crippen LogP contribution in [0.2, 0.25) is 0 Å². The van der Waals surface area contributed by atoms with Crippen molar-refractivity contribution in [1.29, 1.82) is 10.5 Å². The van der Waals surface area contributed by atoms with Gasteiger partial charge in [0.15, 0.2) is 0 Å². The summed E-state index contributed by atoms with van der Waals surface area (Å²) >= 11 is 5.95. The maximum Gasteiger partial charge on any atom is 0.149 e. The minimum atomic E-state index is -0.371. The van der Waals surface area contributed by atoms with E-state index in [2.05, 4.69) is 27.7 Å². The lowest BCUT2D eigenvalue weighted by molar-refractivity contribution is 0.356. The van der Waals surface area contributed by atoms with Gasteiger partial charge in [0.2, 0.25) is 0 Å². The van der Waals surface area contributed by atoms with E-state index in [0.717, 1.165) is 48.3 Å². The van der Waals surface area contributed by atoms with Crippen LogP contribution in [0.3, 0.4) is 0 Å². The highest BCUT2D eigenvalue weighted by Gasteiger charge is 2.39. The number of nitriles is 2. The molecule has 2 aliphatic rings. The summed E-state index contributed by atoms with van der Waals surface area (Å²) in [5.74, 6) is 2.78. The van der Waals surface area contributed by atoms with Crippen LogP contribution in [-0.2, 0) is 0 Å². The van der Waals surface area contributed by atoms with Crippen molar-refractivity contribution in [3.63, 3.8) is 0 Å². The molecule has 1 aliphatic carbocycles. The molecule has 0 bridgehead atoms. The zero-order valence-electron chi connectivity index (χ0n) is 20.8. The molecule has 184 valence electrons. The minimum Gasteiger partial charge on any atom is -0.497 e. The van der Waals surface area contributed by atoms with Crippen molar-refractivity contribution in [3.05, 3.63) is 40.0 Å². The Hall–Kier alpha value is -3.82. The number of hydrogen-bond acceptors (Lipinski definition) is 8. The molecule has 1 saturated carbocycles. The first-order valence-electron chi connectivity index (χ1n) is 12.4. The van der Waals surface area contributed by atoms with Crippen molar-refractivity contribution < 1.29 is 4.74 Å². The summed E-state index contributed by atoms with van der Waals surface area (Å²) in [6, 6.07) is 12.3. The number of nitrogens with one attached hydrogen (secondary N) is 2. The van der Waals surface area contributed by atoms with E-state index in [4.69, 9.17) is 21.9 Å². The van der Waals surface area contributed by atoms with Crippen LogP contribution in [0.4, 0.5) is 17.5 Å². The Morgan fingerprint density at radius 2 is 1.69 bits per heavy atom. The largest absolute Gasteiger partial charge is 0.497 e. The van der Waals surface area contributed by atoms with Crippen molar-refractivity contribution in [2.24, 2.45) is 0 Å². The summed E-state index contributed by atoms with van der Waals surface area (Å²) in [7, 11) is 1.63. The average molecular weight is 500 g/mol. The first-order chi connectivity index (χ1) is 17.5. The summed E-state index contributed by atoms with van der Waals surface area (Å²) in [6.07, 6.45) is 5.25.